The van der Waals surface area contributed by atoms with Crippen LogP contribution in [0.4, 0.5) is 22.0 Å². The Bertz CT molecular complexity index is 822. The molecule has 0 radical (unpaired) electrons. The van der Waals surface area contributed by atoms with Gasteiger partial charge in [-0.15, -0.1) is 0 Å². The average Bonchev–Trinajstić information content (AvgIpc) is 2.77. The summed E-state index contributed by atoms with van der Waals surface area (Å²) in [6.45, 7) is 0. The SMILES string of the molecule is O=S1(=O)CCC(OS(=O)(=O)Oc2c(F)c(F)c(F)c(F)c2F)C1. The van der Waals surface area contributed by atoms with Gasteiger partial charge in [-0.1, -0.05) is 0 Å². The summed E-state index contributed by atoms with van der Waals surface area (Å²) in [5.41, 5.74) is 0. The van der Waals surface area contributed by atoms with Crippen LogP contribution in [0.3, 0.4) is 0 Å². The Morgan fingerprint density at radius 2 is 1.39 bits per heavy atom. The highest BCUT2D eigenvalue weighted by Gasteiger charge is 2.35. The van der Waals surface area contributed by atoms with Gasteiger partial charge in [0.05, 0.1) is 17.6 Å². The van der Waals surface area contributed by atoms with E-state index in [9.17, 15) is 38.8 Å². The first-order valence-electron chi connectivity index (χ1n) is 5.78. The molecule has 0 aliphatic carbocycles. The van der Waals surface area contributed by atoms with Crippen LogP contribution in [0, 0.1) is 29.1 Å². The summed E-state index contributed by atoms with van der Waals surface area (Å²) < 4.78 is 119. The largest absolute Gasteiger partial charge is 0.449 e. The van der Waals surface area contributed by atoms with Crippen LogP contribution in [0.2, 0.25) is 0 Å². The third-order valence-corrected chi connectivity index (χ3v) is 5.42. The lowest BCUT2D eigenvalue weighted by atomic mass is 10.3. The fourth-order valence-corrected chi connectivity index (χ4v) is 4.35. The van der Waals surface area contributed by atoms with Crippen LogP contribution in [0.1, 0.15) is 6.42 Å². The molecule has 0 N–H and O–H groups in total. The lowest BCUT2D eigenvalue weighted by Crippen LogP contribution is -2.24. The summed E-state index contributed by atoms with van der Waals surface area (Å²) >= 11 is 0. The molecule has 1 unspecified atom stereocenters. The first-order chi connectivity index (χ1) is 10.4. The van der Waals surface area contributed by atoms with Crippen LogP contribution in [-0.2, 0) is 24.4 Å². The van der Waals surface area contributed by atoms with E-state index in [1.165, 1.54) is 0 Å². The smallest absolute Gasteiger partial charge is 0.355 e. The second-order valence-corrected chi connectivity index (χ2v) is 7.92. The van der Waals surface area contributed by atoms with Crippen molar-refractivity contribution in [3.05, 3.63) is 29.1 Å². The molecule has 1 aromatic carbocycles. The summed E-state index contributed by atoms with van der Waals surface area (Å²) in [6, 6.07) is 0. The maximum Gasteiger partial charge on any atom is 0.449 e. The number of sulfone groups is 1. The number of hydrogen-bond acceptors (Lipinski definition) is 6. The molecule has 6 nitrogen and oxygen atoms in total. The first-order valence-corrected chi connectivity index (χ1v) is 8.93. The van der Waals surface area contributed by atoms with Crippen molar-refractivity contribution in [1.29, 1.82) is 0 Å². The fraction of sp³-hybridized carbons (Fsp3) is 0.400. The van der Waals surface area contributed by atoms with Crippen molar-refractivity contribution < 1.29 is 47.2 Å². The van der Waals surface area contributed by atoms with Crippen molar-refractivity contribution in [2.24, 2.45) is 0 Å². The third-order valence-electron chi connectivity index (χ3n) is 2.80. The zero-order valence-electron chi connectivity index (χ0n) is 10.9. The maximum absolute atomic E-state index is 13.3. The summed E-state index contributed by atoms with van der Waals surface area (Å²) in [7, 11) is -8.80. The molecule has 13 heteroatoms. The van der Waals surface area contributed by atoms with E-state index in [1.807, 2.05) is 0 Å². The molecule has 1 saturated heterocycles. The van der Waals surface area contributed by atoms with Crippen molar-refractivity contribution in [1.82, 2.24) is 0 Å². The summed E-state index contributed by atoms with van der Waals surface area (Å²) in [4.78, 5) is 0. The van der Waals surface area contributed by atoms with Crippen LogP contribution in [-0.4, -0.2) is 34.4 Å². The van der Waals surface area contributed by atoms with Crippen LogP contribution in [0.25, 0.3) is 0 Å². The fourth-order valence-electron chi connectivity index (χ4n) is 1.78. The van der Waals surface area contributed by atoms with E-state index in [1.54, 1.807) is 0 Å². The highest BCUT2D eigenvalue weighted by atomic mass is 32.3. The molecule has 1 aliphatic heterocycles. The molecule has 2 rings (SSSR count). The van der Waals surface area contributed by atoms with Gasteiger partial charge in [-0.05, 0) is 6.42 Å². The molecule has 0 saturated carbocycles. The van der Waals surface area contributed by atoms with E-state index in [0.29, 0.717) is 0 Å². The van der Waals surface area contributed by atoms with Crippen molar-refractivity contribution in [2.45, 2.75) is 12.5 Å². The van der Waals surface area contributed by atoms with E-state index >= 15 is 0 Å². The molecule has 1 heterocycles. The van der Waals surface area contributed by atoms with E-state index < -0.39 is 66.9 Å². The van der Waals surface area contributed by atoms with Gasteiger partial charge in [0, 0.05) is 0 Å². The molecule has 130 valence electrons. The van der Waals surface area contributed by atoms with Crippen molar-refractivity contribution in [3.63, 3.8) is 0 Å². The minimum atomic E-state index is -5.26. The Morgan fingerprint density at radius 1 is 0.913 bits per heavy atom. The number of hydrogen-bond donors (Lipinski definition) is 0. The summed E-state index contributed by atoms with van der Waals surface area (Å²) in [6.07, 6.45) is -1.62. The van der Waals surface area contributed by atoms with Crippen LogP contribution in [0.5, 0.6) is 5.75 Å². The van der Waals surface area contributed by atoms with E-state index in [2.05, 4.69) is 8.37 Å². The minimum Gasteiger partial charge on any atom is -0.355 e. The summed E-state index contributed by atoms with van der Waals surface area (Å²) in [5, 5.41) is 0. The minimum absolute atomic E-state index is 0.234. The molecule has 0 amide bonds. The van der Waals surface area contributed by atoms with E-state index in [-0.39, 0.29) is 12.2 Å². The van der Waals surface area contributed by atoms with Gasteiger partial charge in [-0.2, -0.15) is 17.2 Å². The Hall–Kier alpha value is -1.47. The Labute approximate surface area is 127 Å². The Kier molecular flexibility index (Phi) is 4.56. The van der Waals surface area contributed by atoms with E-state index in [4.69, 9.17) is 0 Å². The molecule has 0 aromatic heterocycles. The average molecular weight is 382 g/mol. The van der Waals surface area contributed by atoms with Crippen molar-refractivity contribution in [2.75, 3.05) is 11.5 Å². The van der Waals surface area contributed by atoms with Crippen molar-refractivity contribution in [3.8, 4) is 5.75 Å². The van der Waals surface area contributed by atoms with Crippen molar-refractivity contribution >= 4 is 20.2 Å². The zero-order chi connectivity index (χ0) is 17.6. The predicted octanol–water partition coefficient (Wildman–Crippen LogP) is 1.21. The molecular weight excluding hydrogens is 375 g/mol. The molecule has 1 aromatic rings. The van der Waals surface area contributed by atoms with Gasteiger partial charge < -0.3 is 4.18 Å². The van der Waals surface area contributed by atoms with Gasteiger partial charge in [0.25, 0.3) is 0 Å². The summed E-state index contributed by atoms with van der Waals surface area (Å²) in [5.74, 6) is -15.5. The van der Waals surface area contributed by atoms with Crippen LogP contribution in [0.15, 0.2) is 0 Å². The molecule has 0 bridgehead atoms. The number of rotatable bonds is 4. The highest BCUT2D eigenvalue weighted by molar-refractivity contribution is 7.91. The van der Waals surface area contributed by atoms with Gasteiger partial charge in [-0.3, -0.25) is 0 Å². The monoisotopic (exact) mass is 382 g/mol. The predicted molar refractivity (Wildman–Crippen MR) is 63.9 cm³/mol. The van der Waals surface area contributed by atoms with Gasteiger partial charge in [-0.25, -0.2) is 25.8 Å². The Morgan fingerprint density at radius 3 is 1.83 bits per heavy atom. The van der Waals surface area contributed by atoms with Crippen LogP contribution < -0.4 is 4.18 Å². The third kappa shape index (κ3) is 3.72. The van der Waals surface area contributed by atoms with E-state index in [0.717, 1.165) is 0 Å². The molecular formula is C10H7F5O6S2. The van der Waals surface area contributed by atoms with Crippen LogP contribution >= 0.6 is 0 Å². The molecule has 1 aliphatic rings. The number of halogens is 5. The molecule has 1 fully saturated rings. The second kappa shape index (κ2) is 5.87. The standard InChI is InChI=1S/C10H7F5O6S2/c11-5-6(12)8(14)10(9(15)7(5)13)21-23(18,19)20-4-1-2-22(16,17)3-4/h4H,1-3H2. The zero-order valence-corrected chi connectivity index (χ0v) is 12.5. The van der Waals surface area contributed by atoms with Gasteiger partial charge in [0.15, 0.2) is 9.84 Å². The first kappa shape index (κ1) is 17.9. The molecule has 1 atom stereocenters. The van der Waals surface area contributed by atoms with Gasteiger partial charge in [0.1, 0.15) is 0 Å². The normalized spacial score (nSPS) is 20.7. The molecule has 0 spiro atoms. The second-order valence-electron chi connectivity index (χ2n) is 4.51. The molecule has 23 heavy (non-hydrogen) atoms. The number of benzene rings is 1. The quantitative estimate of drug-likeness (QED) is 0.442. The van der Waals surface area contributed by atoms with Gasteiger partial charge >= 0.3 is 10.4 Å². The van der Waals surface area contributed by atoms with Gasteiger partial charge in [0.2, 0.25) is 34.8 Å². The topological polar surface area (TPSA) is 86.7 Å². The lowest BCUT2D eigenvalue weighted by molar-refractivity contribution is 0.202. The Balaban J connectivity index is 2.28. The maximum atomic E-state index is 13.3. The lowest BCUT2D eigenvalue weighted by Gasteiger charge is -2.12. The highest BCUT2D eigenvalue weighted by Crippen LogP contribution is 2.30.